The number of carbonyl (C=O) groups is 5. The molecule has 13 heteroatoms. The van der Waals surface area contributed by atoms with Crippen molar-refractivity contribution in [3.8, 4) is 28.1 Å². The number of ether oxygens (including phenoxy) is 1. The summed E-state index contributed by atoms with van der Waals surface area (Å²) in [5.41, 5.74) is 11.7. The average molecular weight is 873 g/mol. The van der Waals surface area contributed by atoms with Gasteiger partial charge in [-0.2, -0.15) is 0 Å². The van der Waals surface area contributed by atoms with Gasteiger partial charge < -0.3 is 29.5 Å². The fourth-order valence-electron chi connectivity index (χ4n) is 10.1. The molecule has 2 saturated heterocycles. The largest absolute Gasteiger partial charge is 0.508 e. The van der Waals surface area contributed by atoms with E-state index in [4.69, 9.17) is 4.74 Å². The Morgan fingerprint density at radius 3 is 2.45 bits per heavy atom. The van der Waals surface area contributed by atoms with Crippen molar-refractivity contribution in [3.63, 3.8) is 0 Å². The number of cyclic esters (lactones) is 1. The highest BCUT2D eigenvalue weighted by Gasteiger charge is 2.40. The van der Waals surface area contributed by atoms with E-state index in [2.05, 4.69) is 92.9 Å². The molecule has 0 saturated carbocycles. The van der Waals surface area contributed by atoms with Crippen LogP contribution in [0.1, 0.15) is 76.1 Å². The SMILES string of the molecule is C=CC(=O)N1CC[C@H](C(=O)N(C)[C@H](C(=O)N[C@H]2Cc3cc(O)cc(c3)-c3ccc4c(c3)c(c(-c3c(C)cccc3C)n4CC)CC(C)(C)COC(=O)[C@@H]3CCCN(N3)C2=O)C(C)C)C1. The Bertz CT molecular complexity index is 2470. The van der Waals surface area contributed by atoms with Crippen LogP contribution in [0.2, 0.25) is 0 Å². The third-order valence-corrected chi connectivity index (χ3v) is 13.3. The van der Waals surface area contributed by atoms with Crippen molar-refractivity contribution in [1.29, 1.82) is 0 Å². The number of aromatic hydroxyl groups is 1. The molecule has 2 fully saturated rings. The summed E-state index contributed by atoms with van der Waals surface area (Å²) in [5, 5.41) is 16.8. The highest BCUT2D eigenvalue weighted by molar-refractivity contribution is 5.97. The summed E-state index contributed by atoms with van der Waals surface area (Å²) < 4.78 is 8.47. The minimum absolute atomic E-state index is 0.00748. The maximum absolute atomic E-state index is 14.7. The lowest BCUT2D eigenvalue weighted by atomic mass is 9.83. The zero-order chi connectivity index (χ0) is 46.2. The van der Waals surface area contributed by atoms with E-state index in [1.807, 2.05) is 19.9 Å². The topological polar surface area (TPSA) is 154 Å². The van der Waals surface area contributed by atoms with Gasteiger partial charge in [0.25, 0.3) is 5.91 Å². The number of amides is 4. The monoisotopic (exact) mass is 872 g/mol. The van der Waals surface area contributed by atoms with Crippen LogP contribution in [-0.4, -0.2) is 105 Å². The van der Waals surface area contributed by atoms with Gasteiger partial charge in [-0.1, -0.05) is 64.6 Å². The number of carbonyl (C=O) groups excluding carboxylic acids is 5. The number of likely N-dealkylation sites (N-methyl/N-ethyl adjacent to an activating group) is 1. The highest BCUT2D eigenvalue weighted by Crippen LogP contribution is 2.42. The number of nitrogens with one attached hydrogen (secondary N) is 2. The molecule has 4 atom stereocenters. The minimum Gasteiger partial charge on any atom is -0.508 e. The molecule has 340 valence electrons. The van der Waals surface area contributed by atoms with E-state index in [1.54, 1.807) is 24.1 Å². The second-order valence-electron chi connectivity index (χ2n) is 19.1. The molecule has 6 bridgehead atoms. The number of phenols is 1. The molecule has 3 N–H and O–H groups in total. The number of fused-ring (bicyclic) bond motifs is 6. The molecule has 7 rings (SSSR count). The van der Waals surface area contributed by atoms with Crippen LogP contribution in [0.3, 0.4) is 0 Å². The van der Waals surface area contributed by atoms with Crippen LogP contribution in [0.15, 0.2) is 67.3 Å². The molecule has 0 unspecified atom stereocenters. The van der Waals surface area contributed by atoms with E-state index >= 15 is 0 Å². The maximum Gasteiger partial charge on any atom is 0.324 e. The number of esters is 1. The Balaban J connectivity index is 1.30. The smallest absolute Gasteiger partial charge is 0.324 e. The Kier molecular flexibility index (Phi) is 13.4. The van der Waals surface area contributed by atoms with Gasteiger partial charge in [0.15, 0.2) is 0 Å². The van der Waals surface area contributed by atoms with Gasteiger partial charge >= 0.3 is 5.97 Å². The third-order valence-electron chi connectivity index (χ3n) is 13.3. The fourth-order valence-corrected chi connectivity index (χ4v) is 10.1. The van der Waals surface area contributed by atoms with Gasteiger partial charge in [0, 0.05) is 61.5 Å². The molecule has 3 aromatic carbocycles. The molecular formula is C51H64N6O7. The zero-order valence-corrected chi connectivity index (χ0v) is 38.6. The van der Waals surface area contributed by atoms with Gasteiger partial charge in [-0.05, 0) is 116 Å². The van der Waals surface area contributed by atoms with E-state index in [1.165, 1.54) is 32.7 Å². The molecule has 13 nitrogen and oxygen atoms in total. The number of aryl methyl sites for hydroxylation is 3. The quantitative estimate of drug-likeness (QED) is 0.134. The molecule has 3 aliphatic heterocycles. The summed E-state index contributed by atoms with van der Waals surface area (Å²) in [5.74, 6) is -2.76. The lowest BCUT2D eigenvalue weighted by Gasteiger charge is -2.37. The standard InChI is InChI=1S/C51H64N6O7/c1-10-43(59)55-21-19-35(28-55)48(61)54(9)45(30(3)4)47(60)52-41-24-33-22-36(25-37(58)23-33)34-17-18-42-38(26-34)39(46(56(42)11-2)44-31(5)14-12-15-32(44)6)27-51(7,8)29-64-50(63)40-16-13-20-57(53-40)49(41)62/h10,12,14-15,17-18,22-23,25-26,30,35,40-41,45,53,58H,1,11,13,16,19-21,24,27-29H2,2-9H3,(H,52,60)/t35-,40-,41-,45-/m0/s1. The first-order valence-electron chi connectivity index (χ1n) is 22.7. The molecule has 4 amide bonds. The number of benzene rings is 3. The molecule has 0 radical (unpaired) electrons. The fraction of sp³-hybridized carbons (Fsp3) is 0.471. The predicted octanol–water partition coefficient (Wildman–Crippen LogP) is 6.48. The van der Waals surface area contributed by atoms with Crippen molar-refractivity contribution in [2.24, 2.45) is 17.3 Å². The second-order valence-corrected chi connectivity index (χ2v) is 19.1. The maximum atomic E-state index is 14.7. The number of rotatable bonds is 8. The Morgan fingerprint density at radius 2 is 1.77 bits per heavy atom. The van der Waals surface area contributed by atoms with Crippen LogP contribution in [0, 0.1) is 31.1 Å². The van der Waals surface area contributed by atoms with Crippen molar-refractivity contribution < 1.29 is 33.8 Å². The van der Waals surface area contributed by atoms with Crippen molar-refractivity contribution in [1.82, 2.24) is 30.1 Å². The average Bonchev–Trinajstić information content (AvgIpc) is 3.87. The van der Waals surface area contributed by atoms with Gasteiger partial charge in [0.05, 0.1) is 18.2 Å². The summed E-state index contributed by atoms with van der Waals surface area (Å²) in [4.78, 5) is 72.3. The van der Waals surface area contributed by atoms with E-state index in [-0.39, 0.29) is 49.6 Å². The van der Waals surface area contributed by atoms with Gasteiger partial charge in [0.1, 0.15) is 23.9 Å². The van der Waals surface area contributed by atoms with E-state index < -0.39 is 47.2 Å². The van der Waals surface area contributed by atoms with Gasteiger partial charge in [-0.25, -0.2) is 5.43 Å². The molecule has 0 spiro atoms. The van der Waals surface area contributed by atoms with E-state index in [0.717, 1.165) is 39.8 Å². The summed E-state index contributed by atoms with van der Waals surface area (Å²) in [6.07, 6.45) is 3.29. The number of aromatic nitrogens is 1. The number of phenolic OH excluding ortho intramolecular Hbond substituents is 1. The van der Waals surface area contributed by atoms with Crippen molar-refractivity contribution in [2.75, 3.05) is 33.3 Å². The van der Waals surface area contributed by atoms with Crippen LogP contribution in [0.5, 0.6) is 5.75 Å². The summed E-state index contributed by atoms with van der Waals surface area (Å²) in [7, 11) is 1.59. The second kappa shape index (κ2) is 18.6. The first-order chi connectivity index (χ1) is 30.4. The van der Waals surface area contributed by atoms with E-state index in [0.29, 0.717) is 37.8 Å². The Morgan fingerprint density at radius 1 is 1.03 bits per heavy atom. The molecule has 3 aliphatic rings. The van der Waals surface area contributed by atoms with Crippen molar-refractivity contribution >= 4 is 40.5 Å². The molecular weight excluding hydrogens is 809 g/mol. The van der Waals surface area contributed by atoms with Crippen molar-refractivity contribution in [3.05, 3.63) is 89.5 Å². The lowest BCUT2D eigenvalue weighted by molar-refractivity contribution is -0.155. The molecule has 0 aliphatic carbocycles. The lowest BCUT2D eigenvalue weighted by Crippen LogP contribution is -2.62. The zero-order valence-electron chi connectivity index (χ0n) is 38.6. The molecule has 4 aromatic rings. The first-order valence-corrected chi connectivity index (χ1v) is 22.7. The van der Waals surface area contributed by atoms with Crippen LogP contribution < -0.4 is 10.7 Å². The Hall–Kier alpha value is -5.95. The summed E-state index contributed by atoms with van der Waals surface area (Å²) in [6, 6.07) is 15.1. The number of hydrogen-bond acceptors (Lipinski definition) is 8. The number of likely N-dealkylation sites (tertiary alicyclic amines) is 1. The summed E-state index contributed by atoms with van der Waals surface area (Å²) >= 11 is 0. The normalized spacial score (nSPS) is 20.7. The van der Waals surface area contributed by atoms with Crippen LogP contribution in [0.4, 0.5) is 0 Å². The molecule has 1 aromatic heterocycles. The Labute approximate surface area is 376 Å². The number of hydrazine groups is 1. The molecule has 64 heavy (non-hydrogen) atoms. The van der Waals surface area contributed by atoms with Crippen LogP contribution in [-0.2, 0) is 48.1 Å². The number of hydrogen-bond donors (Lipinski definition) is 3. The van der Waals surface area contributed by atoms with Crippen LogP contribution in [0.25, 0.3) is 33.3 Å². The third kappa shape index (κ3) is 9.31. The molecule has 4 heterocycles. The van der Waals surface area contributed by atoms with Crippen LogP contribution >= 0.6 is 0 Å². The highest BCUT2D eigenvalue weighted by atomic mass is 16.5. The first kappa shape index (κ1) is 46.1. The minimum atomic E-state index is -1.15. The van der Waals surface area contributed by atoms with Crippen molar-refractivity contribution in [2.45, 2.75) is 105 Å². The summed E-state index contributed by atoms with van der Waals surface area (Å²) in [6.45, 7) is 19.7. The van der Waals surface area contributed by atoms with Gasteiger partial charge in [0.2, 0.25) is 17.7 Å². The van der Waals surface area contributed by atoms with Gasteiger partial charge in [-0.15, -0.1) is 0 Å². The van der Waals surface area contributed by atoms with Gasteiger partial charge in [-0.3, -0.25) is 29.0 Å². The predicted molar refractivity (Wildman–Crippen MR) is 248 cm³/mol. The van der Waals surface area contributed by atoms with E-state index in [9.17, 15) is 29.1 Å². The number of nitrogens with zero attached hydrogens (tertiary/aromatic N) is 4.